The van der Waals surface area contributed by atoms with Crippen LogP contribution in [0.15, 0.2) is 59.7 Å². The summed E-state index contributed by atoms with van der Waals surface area (Å²) in [4.78, 5) is 12.3. The summed E-state index contributed by atoms with van der Waals surface area (Å²) in [6.45, 7) is 1.43. The van der Waals surface area contributed by atoms with Gasteiger partial charge in [-0.3, -0.25) is 4.79 Å². The highest BCUT2D eigenvalue weighted by Crippen LogP contribution is 2.31. The van der Waals surface area contributed by atoms with Crippen LogP contribution in [0, 0.1) is 7.14 Å². The fraction of sp³-hybridized carbons (Fsp3) is 0.167. The van der Waals surface area contributed by atoms with Gasteiger partial charge < -0.3 is 14.2 Å². The molecule has 0 aromatic heterocycles. The molecule has 0 saturated heterocycles. The third-order valence-corrected chi connectivity index (χ3v) is 6.70. The fourth-order valence-electron chi connectivity index (χ4n) is 3.16. The summed E-state index contributed by atoms with van der Waals surface area (Å²) in [7, 11) is 0. The van der Waals surface area contributed by atoms with Crippen LogP contribution in [0.3, 0.4) is 0 Å². The second-order valence-electron chi connectivity index (χ2n) is 7.14. The zero-order chi connectivity index (χ0) is 23.2. The van der Waals surface area contributed by atoms with E-state index in [4.69, 9.17) is 25.8 Å². The lowest BCUT2D eigenvalue weighted by Gasteiger charge is -2.18. The van der Waals surface area contributed by atoms with Gasteiger partial charge in [0.2, 0.25) is 5.91 Å². The maximum absolute atomic E-state index is 12.3. The predicted molar refractivity (Wildman–Crippen MR) is 145 cm³/mol. The highest BCUT2D eigenvalue weighted by Gasteiger charge is 2.13. The largest absolute Gasteiger partial charge is 0.487 e. The molecule has 0 fully saturated rings. The van der Waals surface area contributed by atoms with Crippen LogP contribution in [0.5, 0.6) is 17.2 Å². The van der Waals surface area contributed by atoms with Crippen molar-refractivity contribution in [3.63, 3.8) is 0 Å². The summed E-state index contributed by atoms with van der Waals surface area (Å²) < 4.78 is 18.9. The zero-order valence-electron chi connectivity index (χ0n) is 17.3. The quantitative estimate of drug-likeness (QED) is 0.200. The number of hydrogen-bond donors (Lipinski definition) is 1. The fourth-order valence-corrected chi connectivity index (χ4v) is 5.48. The molecule has 1 N–H and O–H groups in total. The smallest absolute Gasteiger partial charge is 0.244 e. The van der Waals surface area contributed by atoms with Crippen LogP contribution in [0.1, 0.15) is 16.7 Å². The first-order valence-corrected chi connectivity index (χ1v) is 12.6. The first kappa shape index (κ1) is 24.1. The molecule has 3 aromatic rings. The Morgan fingerprint density at radius 3 is 2.55 bits per heavy atom. The van der Waals surface area contributed by atoms with Crippen molar-refractivity contribution in [3.05, 3.63) is 83.5 Å². The molecule has 9 heteroatoms. The van der Waals surface area contributed by atoms with Crippen molar-refractivity contribution in [2.75, 3.05) is 13.2 Å². The molecule has 1 aliphatic heterocycles. The number of amides is 1. The van der Waals surface area contributed by atoms with Gasteiger partial charge >= 0.3 is 0 Å². The Kier molecular flexibility index (Phi) is 8.31. The van der Waals surface area contributed by atoms with Crippen LogP contribution in [0.2, 0.25) is 5.02 Å². The van der Waals surface area contributed by atoms with Gasteiger partial charge in [0.1, 0.15) is 25.6 Å². The summed E-state index contributed by atoms with van der Waals surface area (Å²) in [6.07, 6.45) is 1.81. The molecule has 0 aliphatic carbocycles. The normalized spacial score (nSPS) is 12.6. The third kappa shape index (κ3) is 6.51. The van der Waals surface area contributed by atoms with E-state index in [0.29, 0.717) is 36.3 Å². The standard InChI is InChI=1S/C24H19ClI2N2O4/c25-18-4-2-1-3-17(18)14-33-24-19(26)9-16(10-20(24)27)13-28-29-23(30)12-15-5-6-21-22(11-15)32-8-7-31-21/h1-6,9-11,13H,7-8,12,14H2,(H,29,30)/b28-13+. The number of ether oxygens (including phenoxy) is 3. The Labute approximate surface area is 223 Å². The molecule has 0 unspecified atom stereocenters. The molecule has 1 amide bonds. The van der Waals surface area contributed by atoms with Gasteiger partial charge in [-0.1, -0.05) is 35.9 Å². The molecular weight excluding hydrogens is 670 g/mol. The lowest BCUT2D eigenvalue weighted by molar-refractivity contribution is -0.120. The number of nitrogens with zero attached hydrogens (tertiary/aromatic N) is 1. The highest BCUT2D eigenvalue weighted by molar-refractivity contribution is 14.1. The van der Waals surface area contributed by atoms with Crippen LogP contribution in [-0.2, 0) is 17.8 Å². The SMILES string of the molecule is O=C(Cc1ccc2c(c1)OCCO2)N/N=C/c1cc(I)c(OCc2ccccc2Cl)c(I)c1. The van der Waals surface area contributed by atoms with Gasteiger partial charge in [-0.2, -0.15) is 5.10 Å². The summed E-state index contributed by atoms with van der Waals surface area (Å²) in [5.41, 5.74) is 5.19. The number of carbonyl (C=O) groups is 1. The topological polar surface area (TPSA) is 69.2 Å². The maximum atomic E-state index is 12.3. The van der Waals surface area contributed by atoms with Crippen molar-refractivity contribution in [3.8, 4) is 17.2 Å². The number of fused-ring (bicyclic) bond motifs is 1. The van der Waals surface area contributed by atoms with Crippen molar-refractivity contribution in [1.29, 1.82) is 0 Å². The number of hydrogen-bond acceptors (Lipinski definition) is 5. The van der Waals surface area contributed by atoms with E-state index in [0.717, 1.165) is 29.6 Å². The van der Waals surface area contributed by atoms with Crippen LogP contribution in [0.4, 0.5) is 0 Å². The third-order valence-electron chi connectivity index (χ3n) is 4.72. The Morgan fingerprint density at radius 2 is 1.79 bits per heavy atom. The van der Waals surface area contributed by atoms with Gasteiger partial charge in [-0.25, -0.2) is 5.43 Å². The van der Waals surface area contributed by atoms with E-state index in [9.17, 15) is 4.79 Å². The number of benzene rings is 3. The molecule has 1 aliphatic rings. The summed E-state index contributed by atoms with van der Waals surface area (Å²) >= 11 is 10.7. The monoisotopic (exact) mass is 688 g/mol. The minimum atomic E-state index is -0.216. The van der Waals surface area contributed by atoms with E-state index < -0.39 is 0 Å². The van der Waals surface area contributed by atoms with Crippen LogP contribution >= 0.6 is 56.8 Å². The Hall–Kier alpha value is -2.05. The average molecular weight is 689 g/mol. The molecule has 0 spiro atoms. The lowest BCUT2D eigenvalue weighted by Crippen LogP contribution is -2.20. The van der Waals surface area contributed by atoms with Gasteiger partial charge in [0.25, 0.3) is 0 Å². The molecule has 1 heterocycles. The first-order chi connectivity index (χ1) is 16.0. The van der Waals surface area contributed by atoms with Crippen LogP contribution in [-0.4, -0.2) is 25.3 Å². The van der Waals surface area contributed by atoms with Gasteiger partial charge in [0.05, 0.1) is 19.8 Å². The molecule has 0 bridgehead atoms. The zero-order valence-corrected chi connectivity index (χ0v) is 22.4. The Bertz CT molecular complexity index is 1180. The van der Waals surface area contributed by atoms with Gasteiger partial charge in [0.15, 0.2) is 11.5 Å². The highest BCUT2D eigenvalue weighted by atomic mass is 127. The number of rotatable bonds is 7. The van der Waals surface area contributed by atoms with Crippen molar-refractivity contribution in [2.45, 2.75) is 13.0 Å². The number of nitrogens with one attached hydrogen (secondary N) is 1. The molecule has 0 radical (unpaired) electrons. The second-order valence-corrected chi connectivity index (χ2v) is 9.87. The molecule has 6 nitrogen and oxygen atoms in total. The summed E-state index contributed by atoms with van der Waals surface area (Å²) in [6, 6.07) is 17.0. The van der Waals surface area contributed by atoms with E-state index >= 15 is 0 Å². The Morgan fingerprint density at radius 1 is 1.06 bits per heavy atom. The van der Waals surface area contributed by atoms with Crippen molar-refractivity contribution in [1.82, 2.24) is 5.43 Å². The van der Waals surface area contributed by atoms with Crippen molar-refractivity contribution >= 4 is 68.9 Å². The lowest BCUT2D eigenvalue weighted by atomic mass is 10.1. The van der Waals surface area contributed by atoms with E-state index in [2.05, 4.69) is 55.7 Å². The van der Waals surface area contributed by atoms with E-state index in [1.165, 1.54) is 0 Å². The summed E-state index contributed by atoms with van der Waals surface area (Å²) in [5.74, 6) is 1.94. The molecule has 3 aromatic carbocycles. The van der Waals surface area contributed by atoms with Gasteiger partial charge in [-0.05, 0) is 86.6 Å². The van der Waals surface area contributed by atoms with Crippen LogP contribution in [0.25, 0.3) is 0 Å². The van der Waals surface area contributed by atoms with Crippen molar-refractivity contribution in [2.24, 2.45) is 5.10 Å². The summed E-state index contributed by atoms with van der Waals surface area (Å²) in [5, 5.41) is 4.78. The number of carbonyl (C=O) groups excluding carboxylic acids is 1. The molecular formula is C24H19ClI2N2O4. The van der Waals surface area contributed by atoms with E-state index in [1.54, 1.807) is 6.21 Å². The van der Waals surface area contributed by atoms with Crippen LogP contribution < -0.4 is 19.6 Å². The molecule has 170 valence electrons. The molecule has 4 rings (SSSR count). The average Bonchev–Trinajstić information content (AvgIpc) is 2.79. The predicted octanol–water partition coefficient (Wildman–Crippen LogP) is 5.59. The number of hydrazone groups is 1. The number of halogens is 3. The van der Waals surface area contributed by atoms with Gasteiger partial charge in [-0.15, -0.1) is 0 Å². The molecule has 0 saturated carbocycles. The molecule has 0 atom stereocenters. The van der Waals surface area contributed by atoms with Crippen molar-refractivity contribution < 1.29 is 19.0 Å². The van der Waals surface area contributed by atoms with Gasteiger partial charge in [0, 0.05) is 10.6 Å². The maximum Gasteiger partial charge on any atom is 0.244 e. The minimum Gasteiger partial charge on any atom is -0.487 e. The Balaban J connectivity index is 1.34. The van der Waals surface area contributed by atoms with E-state index in [1.807, 2.05) is 54.6 Å². The second kappa shape index (κ2) is 11.4. The first-order valence-electron chi connectivity index (χ1n) is 10.1. The van der Waals surface area contributed by atoms with E-state index in [-0.39, 0.29) is 12.3 Å². The minimum absolute atomic E-state index is 0.192. The molecule has 33 heavy (non-hydrogen) atoms.